The Hall–Kier alpha value is -3.33. The number of carbonyl (C=O) groups is 4. The molecular weight excluding hydrogens is 454 g/mol. The van der Waals surface area contributed by atoms with E-state index in [9.17, 15) is 19.2 Å². The molecule has 2 saturated heterocycles. The molecule has 2 heterocycles. The quantitative estimate of drug-likeness (QED) is 0.357. The van der Waals surface area contributed by atoms with Crippen LogP contribution in [-0.2, 0) is 14.3 Å². The summed E-state index contributed by atoms with van der Waals surface area (Å²) in [7, 11) is 0. The number of nitrogens with zero attached hydrogens (tertiary/aromatic N) is 1. The van der Waals surface area contributed by atoms with E-state index in [-0.39, 0.29) is 11.7 Å². The Morgan fingerprint density at radius 2 is 1.71 bits per heavy atom. The van der Waals surface area contributed by atoms with Crippen molar-refractivity contribution in [2.24, 2.45) is 0 Å². The number of hydrogen-bond acceptors (Lipinski definition) is 6. The minimum atomic E-state index is -1.09. The van der Waals surface area contributed by atoms with Crippen molar-refractivity contribution < 1.29 is 23.9 Å². The third-order valence-electron chi connectivity index (χ3n) is 5.96. The van der Waals surface area contributed by atoms with Crippen LogP contribution in [0.2, 0.25) is 0 Å². The predicted molar refractivity (Wildman–Crippen MR) is 127 cm³/mol. The lowest BCUT2D eigenvalue weighted by Crippen LogP contribution is -2.46. The molecule has 0 unspecified atom stereocenters. The highest BCUT2D eigenvalue weighted by Crippen LogP contribution is 2.30. The fourth-order valence-electron chi connectivity index (χ4n) is 4.00. The van der Waals surface area contributed by atoms with Gasteiger partial charge in [-0.15, -0.1) is 11.8 Å². The molecule has 2 aromatic rings. The Labute approximate surface area is 202 Å². The first-order valence-electron chi connectivity index (χ1n) is 11.3. The van der Waals surface area contributed by atoms with E-state index in [1.54, 1.807) is 48.2 Å². The van der Waals surface area contributed by atoms with Crippen LogP contribution in [0.1, 0.15) is 48.2 Å². The Bertz CT molecular complexity index is 1090. The molecule has 2 aromatic carbocycles. The van der Waals surface area contributed by atoms with Gasteiger partial charge in [-0.2, -0.15) is 0 Å². The number of ether oxygens (including phenoxy) is 1. The second kappa shape index (κ2) is 10.3. The fourth-order valence-corrected chi connectivity index (χ4v) is 5.13. The van der Waals surface area contributed by atoms with Crippen molar-refractivity contribution in [2.75, 3.05) is 18.8 Å². The van der Waals surface area contributed by atoms with Crippen LogP contribution in [-0.4, -0.2) is 53.1 Å². The second-order valence-corrected chi connectivity index (χ2v) is 9.62. The largest absolute Gasteiger partial charge is 0.444 e. The van der Waals surface area contributed by atoms with Crippen molar-refractivity contribution in [3.63, 3.8) is 0 Å². The van der Waals surface area contributed by atoms with Gasteiger partial charge in [0.1, 0.15) is 5.54 Å². The zero-order valence-corrected chi connectivity index (χ0v) is 19.7. The molecule has 0 spiro atoms. The first-order chi connectivity index (χ1) is 16.4. The van der Waals surface area contributed by atoms with Gasteiger partial charge in [-0.25, -0.2) is 9.59 Å². The molecule has 0 aliphatic carbocycles. The van der Waals surface area contributed by atoms with Crippen molar-refractivity contribution in [3.8, 4) is 0 Å². The summed E-state index contributed by atoms with van der Waals surface area (Å²) < 4.78 is 5.82. The van der Waals surface area contributed by atoms with E-state index in [1.807, 2.05) is 18.2 Å². The van der Waals surface area contributed by atoms with E-state index in [0.29, 0.717) is 29.1 Å². The molecule has 4 rings (SSSR count). The number of likely N-dealkylation sites (tertiary alicyclic amines) is 1. The number of urea groups is 1. The SMILES string of the molecule is C[C@@]1(CSc2ccccc2C(=O)O[C@H](C(=O)N2CCCCC2)c2ccccc2)NC(=O)NC1=O. The third-order valence-corrected chi connectivity index (χ3v) is 7.35. The van der Waals surface area contributed by atoms with Gasteiger partial charge < -0.3 is 15.0 Å². The molecule has 2 aliphatic rings. The minimum absolute atomic E-state index is 0.220. The van der Waals surface area contributed by atoms with Crippen molar-refractivity contribution in [2.45, 2.75) is 42.7 Å². The first-order valence-corrected chi connectivity index (χ1v) is 12.3. The number of amides is 4. The van der Waals surface area contributed by atoms with Crippen LogP contribution in [0.5, 0.6) is 0 Å². The molecule has 2 N–H and O–H groups in total. The fraction of sp³-hybridized carbons (Fsp3) is 0.360. The highest BCUT2D eigenvalue weighted by molar-refractivity contribution is 7.99. The number of piperidine rings is 1. The van der Waals surface area contributed by atoms with Gasteiger partial charge in [0.15, 0.2) is 0 Å². The van der Waals surface area contributed by atoms with Crippen LogP contribution in [0.4, 0.5) is 4.79 Å². The molecule has 2 aliphatic heterocycles. The first kappa shape index (κ1) is 23.8. The molecule has 2 atom stereocenters. The van der Waals surface area contributed by atoms with E-state index in [2.05, 4.69) is 10.6 Å². The van der Waals surface area contributed by atoms with Gasteiger partial charge in [0.05, 0.1) is 5.56 Å². The summed E-state index contributed by atoms with van der Waals surface area (Å²) in [5.41, 5.74) is -0.169. The maximum Gasteiger partial charge on any atom is 0.340 e. The Morgan fingerprint density at radius 1 is 1.03 bits per heavy atom. The van der Waals surface area contributed by atoms with Crippen LogP contribution in [0.3, 0.4) is 0 Å². The maximum atomic E-state index is 13.3. The van der Waals surface area contributed by atoms with E-state index in [0.717, 1.165) is 19.3 Å². The van der Waals surface area contributed by atoms with E-state index in [4.69, 9.17) is 4.74 Å². The smallest absolute Gasteiger partial charge is 0.340 e. The predicted octanol–water partition coefficient (Wildman–Crippen LogP) is 3.29. The molecule has 178 valence electrons. The monoisotopic (exact) mass is 481 g/mol. The molecule has 2 fully saturated rings. The number of benzene rings is 2. The minimum Gasteiger partial charge on any atom is -0.444 e. The summed E-state index contributed by atoms with van der Waals surface area (Å²) in [5, 5.41) is 4.85. The molecular formula is C25H27N3O5S. The van der Waals surface area contributed by atoms with Crippen molar-refractivity contribution in [1.82, 2.24) is 15.5 Å². The summed E-state index contributed by atoms with van der Waals surface area (Å²) in [6.45, 7) is 2.93. The van der Waals surface area contributed by atoms with Crippen molar-refractivity contribution >= 4 is 35.6 Å². The van der Waals surface area contributed by atoms with Crippen LogP contribution >= 0.6 is 11.8 Å². The van der Waals surface area contributed by atoms with E-state index in [1.165, 1.54) is 11.8 Å². The molecule has 9 heteroatoms. The lowest BCUT2D eigenvalue weighted by Gasteiger charge is -2.30. The molecule has 0 aromatic heterocycles. The normalized spacial score (nSPS) is 20.9. The van der Waals surface area contributed by atoms with Crippen molar-refractivity contribution in [3.05, 3.63) is 65.7 Å². The number of hydrogen-bond donors (Lipinski definition) is 2. The van der Waals surface area contributed by atoms with Gasteiger partial charge in [0, 0.05) is 29.3 Å². The number of esters is 1. The number of imide groups is 1. The van der Waals surface area contributed by atoms with Crippen LogP contribution < -0.4 is 10.6 Å². The Balaban J connectivity index is 1.53. The van der Waals surface area contributed by atoms with Gasteiger partial charge in [0.2, 0.25) is 6.10 Å². The summed E-state index contributed by atoms with van der Waals surface area (Å²) in [4.78, 5) is 52.6. The van der Waals surface area contributed by atoms with E-state index >= 15 is 0 Å². The van der Waals surface area contributed by atoms with Gasteiger partial charge in [-0.05, 0) is 38.3 Å². The molecule has 4 amide bonds. The highest BCUT2D eigenvalue weighted by Gasteiger charge is 2.42. The standard InChI is InChI=1S/C25H27N3O5S/c1-25(23(31)26-24(32)27-25)16-34-19-13-7-6-12-18(19)22(30)33-20(17-10-4-2-5-11-17)21(29)28-14-8-3-9-15-28/h2,4-7,10-13,20H,3,8-9,14-16H2,1H3,(H2,26,27,31,32)/t20-,25-/m0/s1. The highest BCUT2D eigenvalue weighted by atomic mass is 32.2. The van der Waals surface area contributed by atoms with Crippen molar-refractivity contribution in [1.29, 1.82) is 0 Å². The zero-order valence-electron chi connectivity index (χ0n) is 18.9. The maximum absolute atomic E-state index is 13.3. The average molecular weight is 482 g/mol. The van der Waals surface area contributed by atoms with Gasteiger partial charge in [0.25, 0.3) is 11.8 Å². The van der Waals surface area contributed by atoms with E-state index < -0.39 is 29.6 Å². The molecule has 0 saturated carbocycles. The zero-order chi connectivity index (χ0) is 24.1. The van der Waals surface area contributed by atoms with Crippen LogP contribution in [0.25, 0.3) is 0 Å². The topological polar surface area (TPSA) is 105 Å². The van der Waals surface area contributed by atoms with Crippen LogP contribution in [0.15, 0.2) is 59.5 Å². The molecule has 0 radical (unpaired) electrons. The summed E-state index contributed by atoms with van der Waals surface area (Å²) in [6, 6.07) is 15.4. The lowest BCUT2D eigenvalue weighted by atomic mass is 10.1. The molecule has 34 heavy (non-hydrogen) atoms. The average Bonchev–Trinajstić information content (AvgIpc) is 3.13. The van der Waals surface area contributed by atoms with Crippen LogP contribution in [0, 0.1) is 0 Å². The van der Waals surface area contributed by atoms with Gasteiger partial charge in [-0.3, -0.25) is 14.9 Å². The Kier molecular flexibility index (Phi) is 7.21. The number of nitrogens with one attached hydrogen (secondary N) is 2. The van der Waals surface area contributed by atoms with Gasteiger partial charge in [-0.1, -0.05) is 42.5 Å². The number of thioether (sulfide) groups is 1. The third kappa shape index (κ3) is 5.25. The Morgan fingerprint density at radius 3 is 2.38 bits per heavy atom. The number of rotatable bonds is 7. The summed E-state index contributed by atoms with van der Waals surface area (Å²) >= 11 is 1.26. The summed E-state index contributed by atoms with van der Waals surface area (Å²) in [5.74, 6) is -1.03. The number of carbonyl (C=O) groups excluding carboxylic acids is 4. The second-order valence-electron chi connectivity index (χ2n) is 8.61. The lowest BCUT2D eigenvalue weighted by molar-refractivity contribution is -0.142. The molecule has 0 bridgehead atoms. The molecule has 8 nitrogen and oxygen atoms in total. The summed E-state index contributed by atoms with van der Waals surface area (Å²) in [6.07, 6.45) is 1.91. The van der Waals surface area contributed by atoms with Gasteiger partial charge >= 0.3 is 12.0 Å².